The van der Waals surface area contributed by atoms with E-state index in [1.165, 1.54) is 0 Å². The molecule has 0 fully saturated rings. The van der Waals surface area contributed by atoms with Crippen LogP contribution in [0.1, 0.15) is 16.8 Å². The number of anilines is 1. The topological polar surface area (TPSA) is 57.4 Å². The minimum atomic E-state index is 0.556. The van der Waals surface area contributed by atoms with Crippen molar-refractivity contribution >= 4 is 16.6 Å². The van der Waals surface area contributed by atoms with Gasteiger partial charge in [-0.2, -0.15) is 0 Å². The molecule has 0 aliphatic carbocycles. The van der Waals surface area contributed by atoms with Crippen molar-refractivity contribution in [3.63, 3.8) is 0 Å². The average Bonchev–Trinajstić information content (AvgIpc) is 2.39. The summed E-state index contributed by atoms with van der Waals surface area (Å²) in [5.41, 5.74) is 11.1. The molecule has 0 radical (unpaired) electrons. The Hall–Kier alpha value is -1.81. The third-order valence-corrected chi connectivity index (χ3v) is 3.49. The fourth-order valence-corrected chi connectivity index (χ4v) is 2.51. The molecule has 94 valence electrons. The Morgan fingerprint density at radius 3 is 3.00 bits per heavy atom. The summed E-state index contributed by atoms with van der Waals surface area (Å²) in [4.78, 5) is 4.72. The van der Waals surface area contributed by atoms with E-state index in [1.807, 2.05) is 19.1 Å². The van der Waals surface area contributed by atoms with Crippen LogP contribution in [0.25, 0.3) is 10.9 Å². The Kier molecular flexibility index (Phi) is 2.59. The fraction of sp³-hybridized carbons (Fsp3) is 0.357. The van der Waals surface area contributed by atoms with E-state index in [1.54, 1.807) is 7.11 Å². The average molecular weight is 244 g/mol. The summed E-state index contributed by atoms with van der Waals surface area (Å²) in [5.74, 6) is 0.775. The van der Waals surface area contributed by atoms with Crippen molar-refractivity contribution in [1.82, 2.24) is 4.98 Å². The normalized spacial score (nSPS) is 14.6. The van der Waals surface area contributed by atoms with Gasteiger partial charge in [-0.15, -0.1) is 0 Å². The highest BCUT2D eigenvalue weighted by Gasteiger charge is 2.19. The first-order valence-corrected chi connectivity index (χ1v) is 6.04. The van der Waals surface area contributed by atoms with Crippen molar-refractivity contribution < 1.29 is 9.47 Å². The number of nitrogens with zero attached hydrogens (tertiary/aromatic N) is 1. The largest absolute Gasteiger partial charge is 0.494 e. The van der Waals surface area contributed by atoms with Gasteiger partial charge in [-0.25, -0.2) is 4.98 Å². The van der Waals surface area contributed by atoms with Crippen LogP contribution in [0.15, 0.2) is 12.1 Å². The Morgan fingerprint density at radius 1 is 1.39 bits per heavy atom. The molecular weight excluding hydrogens is 228 g/mol. The molecule has 4 nitrogen and oxygen atoms in total. The number of methoxy groups -OCH3 is 1. The van der Waals surface area contributed by atoms with Crippen molar-refractivity contribution in [3.8, 4) is 5.75 Å². The van der Waals surface area contributed by atoms with E-state index < -0.39 is 0 Å². The lowest BCUT2D eigenvalue weighted by molar-refractivity contribution is 0.110. The highest BCUT2D eigenvalue weighted by molar-refractivity contribution is 5.98. The highest BCUT2D eigenvalue weighted by Crippen LogP contribution is 2.35. The lowest BCUT2D eigenvalue weighted by atomic mass is 10.00. The van der Waals surface area contributed by atoms with Crippen molar-refractivity contribution in [2.45, 2.75) is 20.0 Å². The maximum Gasteiger partial charge on any atom is 0.145 e. The second-order valence-corrected chi connectivity index (χ2v) is 4.56. The van der Waals surface area contributed by atoms with Gasteiger partial charge in [0.2, 0.25) is 0 Å². The van der Waals surface area contributed by atoms with Crippen LogP contribution in [-0.2, 0) is 17.8 Å². The van der Waals surface area contributed by atoms with Gasteiger partial charge in [0.25, 0.3) is 0 Å². The molecule has 0 spiro atoms. The molecule has 0 saturated carbocycles. The number of pyridine rings is 1. The first-order valence-electron chi connectivity index (χ1n) is 6.04. The monoisotopic (exact) mass is 244 g/mol. The number of nitrogen functional groups attached to an aromatic ring is 1. The Balaban J connectivity index is 2.41. The SMILES string of the molecule is COc1ccc(C)c2c(N)c3c(nc12)CCOC3. The van der Waals surface area contributed by atoms with Gasteiger partial charge in [0.05, 0.1) is 26.0 Å². The maximum absolute atomic E-state index is 6.29. The van der Waals surface area contributed by atoms with E-state index in [4.69, 9.17) is 20.2 Å². The first kappa shape index (κ1) is 11.3. The Bertz CT molecular complexity index is 623. The van der Waals surface area contributed by atoms with E-state index >= 15 is 0 Å². The molecule has 2 N–H and O–H groups in total. The van der Waals surface area contributed by atoms with E-state index in [9.17, 15) is 0 Å². The number of rotatable bonds is 1. The second-order valence-electron chi connectivity index (χ2n) is 4.56. The summed E-state index contributed by atoms with van der Waals surface area (Å²) < 4.78 is 10.9. The minimum absolute atomic E-state index is 0.556. The van der Waals surface area contributed by atoms with Crippen molar-refractivity contribution in [3.05, 3.63) is 29.0 Å². The zero-order valence-corrected chi connectivity index (χ0v) is 10.6. The molecule has 3 rings (SSSR count). The summed E-state index contributed by atoms with van der Waals surface area (Å²) >= 11 is 0. The van der Waals surface area contributed by atoms with Crippen molar-refractivity contribution in [1.29, 1.82) is 0 Å². The van der Waals surface area contributed by atoms with Gasteiger partial charge in [-0.05, 0) is 18.6 Å². The molecule has 1 aliphatic rings. The Labute approximate surface area is 106 Å². The molecule has 18 heavy (non-hydrogen) atoms. The molecule has 1 aromatic carbocycles. The van der Waals surface area contributed by atoms with Crippen LogP contribution < -0.4 is 10.5 Å². The van der Waals surface area contributed by atoms with Crippen molar-refractivity contribution in [2.24, 2.45) is 0 Å². The second kappa shape index (κ2) is 4.14. The van der Waals surface area contributed by atoms with Crippen LogP contribution in [0, 0.1) is 6.92 Å². The molecule has 2 aromatic rings. The number of nitrogens with two attached hydrogens (primary N) is 1. The van der Waals surface area contributed by atoms with Gasteiger partial charge < -0.3 is 15.2 Å². The van der Waals surface area contributed by atoms with Gasteiger partial charge in [0, 0.05) is 23.1 Å². The fourth-order valence-electron chi connectivity index (χ4n) is 2.51. The minimum Gasteiger partial charge on any atom is -0.494 e. The van der Waals surface area contributed by atoms with Gasteiger partial charge >= 0.3 is 0 Å². The standard InChI is InChI=1S/C14H16N2O2/c1-8-3-4-11(17-2)14-12(8)13(15)9-7-18-6-5-10(9)16-14/h3-4H,5-7H2,1-2H3,(H2,15,16). The van der Waals surface area contributed by atoms with Crippen LogP contribution in [0.5, 0.6) is 5.75 Å². The number of aromatic nitrogens is 1. The molecule has 1 aromatic heterocycles. The molecule has 1 aliphatic heterocycles. The quantitative estimate of drug-likeness (QED) is 0.835. The molecule has 0 amide bonds. The third-order valence-electron chi connectivity index (χ3n) is 3.49. The van der Waals surface area contributed by atoms with Crippen LogP contribution >= 0.6 is 0 Å². The number of ether oxygens (including phenoxy) is 2. The molecule has 4 heteroatoms. The number of hydrogen-bond donors (Lipinski definition) is 1. The van der Waals surface area contributed by atoms with Crippen molar-refractivity contribution in [2.75, 3.05) is 19.5 Å². The molecule has 0 atom stereocenters. The Morgan fingerprint density at radius 2 is 2.22 bits per heavy atom. The summed E-state index contributed by atoms with van der Waals surface area (Å²) in [6.45, 7) is 3.30. The number of benzene rings is 1. The van der Waals surface area contributed by atoms with Gasteiger partial charge in [-0.1, -0.05) is 6.07 Å². The molecular formula is C14H16N2O2. The summed E-state index contributed by atoms with van der Waals surface area (Å²) in [6.07, 6.45) is 0.812. The molecule has 0 bridgehead atoms. The predicted molar refractivity (Wildman–Crippen MR) is 70.8 cm³/mol. The highest BCUT2D eigenvalue weighted by atomic mass is 16.5. The lowest BCUT2D eigenvalue weighted by Gasteiger charge is -2.20. The predicted octanol–water partition coefficient (Wildman–Crippen LogP) is 2.21. The molecule has 2 heterocycles. The third kappa shape index (κ3) is 1.53. The smallest absolute Gasteiger partial charge is 0.145 e. The van der Waals surface area contributed by atoms with E-state index in [0.717, 1.165) is 45.6 Å². The van der Waals surface area contributed by atoms with E-state index in [2.05, 4.69) is 0 Å². The van der Waals surface area contributed by atoms with Gasteiger partial charge in [0.1, 0.15) is 11.3 Å². The van der Waals surface area contributed by atoms with Crippen LogP contribution in [0.2, 0.25) is 0 Å². The number of fused-ring (bicyclic) bond motifs is 2. The molecule has 0 saturated heterocycles. The number of hydrogen-bond acceptors (Lipinski definition) is 4. The van der Waals surface area contributed by atoms with Gasteiger partial charge in [-0.3, -0.25) is 0 Å². The van der Waals surface area contributed by atoms with Gasteiger partial charge in [0.15, 0.2) is 0 Å². The van der Waals surface area contributed by atoms with Crippen LogP contribution in [0.3, 0.4) is 0 Å². The summed E-state index contributed by atoms with van der Waals surface area (Å²) in [6, 6.07) is 3.95. The lowest BCUT2D eigenvalue weighted by Crippen LogP contribution is -2.15. The van der Waals surface area contributed by atoms with Crippen LogP contribution in [-0.4, -0.2) is 18.7 Å². The molecule has 0 unspecified atom stereocenters. The first-order chi connectivity index (χ1) is 8.72. The van der Waals surface area contributed by atoms with E-state index in [0.29, 0.717) is 13.2 Å². The zero-order chi connectivity index (χ0) is 12.7. The number of aryl methyl sites for hydroxylation is 1. The summed E-state index contributed by atoms with van der Waals surface area (Å²) in [5, 5.41) is 0.985. The summed E-state index contributed by atoms with van der Waals surface area (Å²) in [7, 11) is 1.66. The zero-order valence-electron chi connectivity index (χ0n) is 10.6. The maximum atomic E-state index is 6.29. The van der Waals surface area contributed by atoms with Crippen LogP contribution in [0.4, 0.5) is 5.69 Å². The van der Waals surface area contributed by atoms with E-state index in [-0.39, 0.29) is 0 Å².